The molecule has 16 heteroatoms. The van der Waals surface area contributed by atoms with Crippen LogP contribution in [0.15, 0.2) is 90.8 Å². The standard InChI is InChI=1S/C54H68ClFIN5O7S/c1-38(39(2)70(64,65)61(34-40-11-16-45(66-4)17-12-40)35-41-13-18-46(67-5)19-14-41)10-20-49(56)52(53(63)58(3)25-26-59-27-29-68-30-28-59)62-24-8-22-54(62)37-60-23-7-6-9-42-31-43(55)32-48(54)47(42)36-69-51-21-15-44(57)33-50(51)60/h11-21,31-33,38-39,52H,6-10,22-30,34-37H2,1-5H3/b49-20-/t38-,39+,52?,54-/m0/s1. The van der Waals surface area contributed by atoms with Gasteiger partial charge in [-0.15, -0.1) is 0 Å². The predicted octanol–water partition coefficient (Wildman–Crippen LogP) is 9.45. The Balaban J connectivity index is 1.15. The first-order chi connectivity index (χ1) is 33.7. The van der Waals surface area contributed by atoms with Crippen molar-refractivity contribution in [3.63, 3.8) is 0 Å². The first-order valence-corrected chi connectivity index (χ1v) is 27.6. The molecule has 2 saturated heterocycles. The minimum Gasteiger partial charge on any atom is -0.497 e. The first kappa shape index (κ1) is 52.4. The summed E-state index contributed by atoms with van der Waals surface area (Å²) in [4.78, 5) is 23.8. The summed E-state index contributed by atoms with van der Waals surface area (Å²) in [5.74, 6) is 0.698. The average molecular weight is 1110 g/mol. The first-order valence-electron chi connectivity index (χ1n) is 24.6. The van der Waals surface area contributed by atoms with E-state index in [1.54, 1.807) is 33.1 Å². The maximum atomic E-state index is 18.1. The van der Waals surface area contributed by atoms with E-state index in [-0.39, 0.29) is 25.4 Å². The monoisotopic (exact) mass is 1110 g/mol. The van der Waals surface area contributed by atoms with Gasteiger partial charge in [0.15, 0.2) is 0 Å². The van der Waals surface area contributed by atoms with Crippen LogP contribution in [-0.4, -0.2) is 125 Å². The van der Waals surface area contributed by atoms with E-state index in [0.29, 0.717) is 68.9 Å². The molecule has 8 rings (SSSR count). The number of nitrogens with zero attached hydrogens (tertiary/aromatic N) is 5. The Hall–Kier alpha value is -3.97. The molecule has 4 aliphatic rings. The zero-order valence-corrected chi connectivity index (χ0v) is 44.9. The van der Waals surface area contributed by atoms with Crippen molar-refractivity contribution in [1.29, 1.82) is 0 Å². The van der Waals surface area contributed by atoms with Crippen molar-refractivity contribution in [3.8, 4) is 17.2 Å². The molecule has 0 saturated carbocycles. The second kappa shape index (κ2) is 23.3. The van der Waals surface area contributed by atoms with Crippen LogP contribution in [0.4, 0.5) is 10.1 Å². The van der Waals surface area contributed by atoms with Crippen LogP contribution < -0.4 is 19.1 Å². The molecule has 4 heterocycles. The van der Waals surface area contributed by atoms with Crippen molar-refractivity contribution >= 4 is 55.8 Å². The molecule has 0 N–H and O–H groups in total. The van der Waals surface area contributed by atoms with E-state index >= 15 is 9.18 Å². The number of carbonyl (C=O) groups excluding carboxylic acids is 1. The molecular formula is C54H68ClFIN5O7S. The Kier molecular flexibility index (Phi) is 17.4. The van der Waals surface area contributed by atoms with Crippen molar-refractivity contribution in [2.24, 2.45) is 5.92 Å². The highest BCUT2D eigenvalue weighted by molar-refractivity contribution is 14.1. The third-order valence-electron chi connectivity index (χ3n) is 14.9. The highest BCUT2D eigenvalue weighted by Gasteiger charge is 2.52. The number of halogens is 3. The summed E-state index contributed by atoms with van der Waals surface area (Å²) in [5.41, 5.74) is 4.90. The molecule has 70 heavy (non-hydrogen) atoms. The molecule has 4 aromatic rings. The SMILES string of the molecule is COc1ccc(CN(Cc2ccc(OC)cc2)S(=O)(=O)[C@H](C)[C@@H](C)C/C=C(\F)C(C(=O)N(C)CCN2CCOCC2)N2CCC[C@@]23CN2CCCCc4cc(Cl)cc3c4COc3ccc(I)cc32)cc1. The van der Waals surface area contributed by atoms with Gasteiger partial charge in [-0.2, -0.15) is 4.31 Å². The number of likely N-dealkylation sites (tertiary alicyclic amines) is 1. The summed E-state index contributed by atoms with van der Waals surface area (Å²) in [6, 6.07) is 23.8. The molecule has 378 valence electrons. The number of aryl methyl sites for hydroxylation is 1. The number of sulfonamides is 1. The summed E-state index contributed by atoms with van der Waals surface area (Å²) in [6.07, 6.45) is 5.70. The van der Waals surface area contributed by atoms with Gasteiger partial charge in [0.2, 0.25) is 15.9 Å². The Morgan fingerprint density at radius 3 is 2.24 bits per heavy atom. The van der Waals surface area contributed by atoms with Gasteiger partial charge in [-0.05, 0) is 156 Å². The lowest BCUT2D eigenvalue weighted by Gasteiger charge is -2.47. The lowest BCUT2D eigenvalue weighted by Crippen LogP contribution is -2.59. The number of allylic oxidation sites excluding steroid dienone is 1. The van der Waals surface area contributed by atoms with Gasteiger partial charge in [-0.1, -0.05) is 48.9 Å². The maximum Gasteiger partial charge on any atom is 0.246 e. The van der Waals surface area contributed by atoms with Crippen LogP contribution in [0.25, 0.3) is 0 Å². The van der Waals surface area contributed by atoms with Gasteiger partial charge in [-0.25, -0.2) is 12.8 Å². The van der Waals surface area contributed by atoms with E-state index in [2.05, 4.69) is 55.5 Å². The Bertz CT molecular complexity index is 2530. The molecule has 12 nitrogen and oxygen atoms in total. The highest BCUT2D eigenvalue weighted by Crippen LogP contribution is 2.49. The number of amides is 1. The third kappa shape index (κ3) is 11.8. The molecule has 2 fully saturated rings. The van der Waals surface area contributed by atoms with Crippen LogP contribution in [0.2, 0.25) is 5.02 Å². The van der Waals surface area contributed by atoms with Gasteiger partial charge >= 0.3 is 0 Å². The summed E-state index contributed by atoms with van der Waals surface area (Å²) >= 11 is 9.42. The molecule has 0 radical (unpaired) electrons. The number of methoxy groups -OCH3 is 2. The summed E-state index contributed by atoms with van der Waals surface area (Å²) in [5, 5.41) is -0.294. The molecule has 1 spiro atoms. The smallest absolute Gasteiger partial charge is 0.246 e. The summed E-state index contributed by atoms with van der Waals surface area (Å²) in [7, 11) is 0.977. The van der Waals surface area contributed by atoms with E-state index in [9.17, 15) is 8.42 Å². The van der Waals surface area contributed by atoms with Crippen LogP contribution in [-0.2, 0) is 51.2 Å². The van der Waals surface area contributed by atoms with Gasteiger partial charge in [0.25, 0.3) is 0 Å². The van der Waals surface area contributed by atoms with Crippen LogP contribution >= 0.6 is 34.2 Å². The molecule has 0 aliphatic carbocycles. The van der Waals surface area contributed by atoms with Crippen molar-refractivity contribution in [1.82, 2.24) is 19.0 Å². The Labute approximate surface area is 433 Å². The lowest BCUT2D eigenvalue weighted by molar-refractivity contribution is -0.137. The zero-order valence-electron chi connectivity index (χ0n) is 41.2. The zero-order chi connectivity index (χ0) is 49.6. The number of morpholine rings is 1. The van der Waals surface area contributed by atoms with Gasteiger partial charge in [0.05, 0.1) is 43.9 Å². The average Bonchev–Trinajstić information content (AvgIpc) is 3.79. The minimum absolute atomic E-state index is 0.0889. The number of hydrogen-bond acceptors (Lipinski definition) is 10. The normalized spacial score (nSPS) is 20.3. The Morgan fingerprint density at radius 1 is 0.914 bits per heavy atom. The molecular weight excluding hydrogens is 1040 g/mol. The van der Waals surface area contributed by atoms with Gasteiger partial charge in [0, 0.05) is 74.5 Å². The molecule has 4 aliphatic heterocycles. The third-order valence-corrected chi connectivity index (χ3v) is 18.2. The molecule has 4 bridgehead atoms. The number of rotatable bonds is 17. The number of likely N-dealkylation sites (N-methyl/N-ethyl adjacent to an activating group) is 1. The fourth-order valence-electron chi connectivity index (χ4n) is 10.6. The fourth-order valence-corrected chi connectivity index (χ4v) is 13.2. The number of anilines is 1. The van der Waals surface area contributed by atoms with Gasteiger partial charge < -0.3 is 28.7 Å². The second-order valence-electron chi connectivity index (χ2n) is 19.3. The van der Waals surface area contributed by atoms with Crippen LogP contribution in [0.1, 0.15) is 73.8 Å². The van der Waals surface area contributed by atoms with E-state index in [0.717, 1.165) is 88.1 Å². The van der Waals surface area contributed by atoms with Crippen molar-refractivity contribution < 1.29 is 36.6 Å². The number of fused-ring (bicyclic) bond motifs is 3. The van der Waals surface area contributed by atoms with E-state index in [1.165, 1.54) is 10.4 Å². The largest absolute Gasteiger partial charge is 0.497 e. The summed E-state index contributed by atoms with van der Waals surface area (Å²) in [6.45, 7) is 9.68. The van der Waals surface area contributed by atoms with Gasteiger partial charge in [0.1, 0.15) is 35.7 Å². The van der Waals surface area contributed by atoms with Crippen molar-refractivity contribution in [3.05, 3.63) is 127 Å². The van der Waals surface area contributed by atoms with Crippen LogP contribution in [0.5, 0.6) is 17.2 Å². The topological polar surface area (TPSA) is 104 Å². The van der Waals surface area contributed by atoms with Gasteiger partial charge in [-0.3, -0.25) is 14.6 Å². The quantitative estimate of drug-likeness (QED) is 0.0951. The molecule has 1 amide bonds. The van der Waals surface area contributed by atoms with Crippen LogP contribution in [0, 0.1) is 9.49 Å². The number of ether oxygens (including phenoxy) is 4. The Morgan fingerprint density at radius 2 is 1.59 bits per heavy atom. The minimum atomic E-state index is -3.98. The molecule has 4 aromatic carbocycles. The number of carbonyl (C=O) groups is 1. The summed E-state index contributed by atoms with van der Waals surface area (Å²) < 4.78 is 73.4. The fraction of sp³-hybridized carbons (Fsp3) is 0.500. The molecule has 4 atom stereocenters. The maximum absolute atomic E-state index is 18.1. The number of hydrogen-bond donors (Lipinski definition) is 0. The van der Waals surface area contributed by atoms with Crippen LogP contribution in [0.3, 0.4) is 0 Å². The van der Waals surface area contributed by atoms with Crippen molar-refractivity contribution in [2.75, 3.05) is 85.2 Å². The number of benzene rings is 4. The van der Waals surface area contributed by atoms with E-state index < -0.39 is 38.6 Å². The molecule has 1 unspecified atom stereocenters. The predicted molar refractivity (Wildman–Crippen MR) is 283 cm³/mol. The van der Waals surface area contributed by atoms with Crippen molar-refractivity contribution in [2.45, 2.75) is 88.9 Å². The van der Waals surface area contributed by atoms with E-state index in [4.69, 9.17) is 30.5 Å². The lowest BCUT2D eigenvalue weighted by atomic mass is 9.79. The second-order valence-corrected chi connectivity index (χ2v) is 23.3. The highest BCUT2D eigenvalue weighted by atomic mass is 127. The van der Waals surface area contributed by atoms with E-state index in [1.807, 2.05) is 67.6 Å². The molecule has 0 aromatic heterocycles.